The van der Waals surface area contributed by atoms with Crippen LogP contribution in [0.15, 0.2) is 29.2 Å². The fourth-order valence-corrected chi connectivity index (χ4v) is 4.00. The Morgan fingerprint density at radius 3 is 2.45 bits per heavy atom. The molecule has 5 nitrogen and oxygen atoms in total. The van der Waals surface area contributed by atoms with E-state index >= 15 is 0 Å². The van der Waals surface area contributed by atoms with Gasteiger partial charge in [0.1, 0.15) is 0 Å². The number of carbonyl (C=O) groups excluding carboxylic acids is 1. The van der Waals surface area contributed by atoms with E-state index in [1.165, 1.54) is 19.1 Å². The molecule has 0 radical (unpaired) electrons. The van der Waals surface area contributed by atoms with Crippen LogP contribution in [-0.2, 0) is 10.0 Å². The number of nitrogens with one attached hydrogen (secondary N) is 1. The highest BCUT2D eigenvalue weighted by atomic mass is 32.2. The number of carbonyl (C=O) groups is 1. The van der Waals surface area contributed by atoms with Gasteiger partial charge in [-0.3, -0.25) is 4.79 Å². The molecule has 122 valence electrons. The molecule has 6 heteroatoms. The molecule has 0 amide bonds. The first kappa shape index (κ1) is 17.1. The lowest BCUT2D eigenvalue weighted by molar-refractivity contribution is 0.101. The maximum absolute atomic E-state index is 12.4. The zero-order chi connectivity index (χ0) is 16.2. The summed E-state index contributed by atoms with van der Waals surface area (Å²) in [6, 6.07) is 6.08. The van der Waals surface area contributed by atoms with Crippen LogP contribution in [0.2, 0.25) is 0 Å². The van der Waals surface area contributed by atoms with E-state index < -0.39 is 15.6 Å². The molecule has 0 aliphatic heterocycles. The van der Waals surface area contributed by atoms with Gasteiger partial charge in [-0.1, -0.05) is 37.8 Å². The average molecular weight is 324 g/mol. The molecule has 1 aliphatic carbocycles. The van der Waals surface area contributed by atoms with Crippen molar-refractivity contribution in [3.05, 3.63) is 29.8 Å². The van der Waals surface area contributed by atoms with Gasteiger partial charge in [0, 0.05) is 17.6 Å². The second-order valence-electron chi connectivity index (χ2n) is 6.19. The van der Waals surface area contributed by atoms with E-state index in [0.717, 1.165) is 38.5 Å². The Bertz CT molecular complexity index is 633. The lowest BCUT2D eigenvalue weighted by Crippen LogP contribution is -2.49. The SMILES string of the molecule is CC(=O)c1cccc(S(=O)(=O)NCC2(N)CCCCCC2)c1. The summed E-state index contributed by atoms with van der Waals surface area (Å²) in [5, 5.41) is 0. The van der Waals surface area contributed by atoms with Crippen LogP contribution in [0.3, 0.4) is 0 Å². The lowest BCUT2D eigenvalue weighted by Gasteiger charge is -2.28. The first-order chi connectivity index (χ1) is 10.3. The van der Waals surface area contributed by atoms with Crippen molar-refractivity contribution in [3.8, 4) is 0 Å². The molecule has 0 bridgehead atoms. The number of rotatable bonds is 5. The molecule has 0 aromatic heterocycles. The summed E-state index contributed by atoms with van der Waals surface area (Å²) in [4.78, 5) is 11.5. The molecule has 0 heterocycles. The number of ketones is 1. The fraction of sp³-hybridized carbons (Fsp3) is 0.562. The van der Waals surface area contributed by atoms with Gasteiger partial charge in [-0.05, 0) is 31.9 Å². The van der Waals surface area contributed by atoms with Crippen LogP contribution in [0, 0.1) is 0 Å². The highest BCUT2D eigenvalue weighted by Crippen LogP contribution is 2.25. The predicted molar refractivity (Wildman–Crippen MR) is 86.3 cm³/mol. The van der Waals surface area contributed by atoms with Gasteiger partial charge >= 0.3 is 0 Å². The van der Waals surface area contributed by atoms with E-state index in [2.05, 4.69) is 4.72 Å². The topological polar surface area (TPSA) is 89.3 Å². The van der Waals surface area contributed by atoms with Crippen LogP contribution in [0.5, 0.6) is 0 Å². The minimum absolute atomic E-state index is 0.109. The Kier molecular flexibility index (Phi) is 5.36. The van der Waals surface area contributed by atoms with Crippen LogP contribution in [0.1, 0.15) is 55.8 Å². The summed E-state index contributed by atoms with van der Waals surface area (Å²) >= 11 is 0. The van der Waals surface area contributed by atoms with Gasteiger partial charge in [0.2, 0.25) is 10.0 Å². The molecule has 0 spiro atoms. The second kappa shape index (κ2) is 6.89. The third-order valence-corrected chi connectivity index (χ3v) is 5.66. The molecule has 1 saturated carbocycles. The molecule has 0 atom stereocenters. The molecule has 22 heavy (non-hydrogen) atoms. The zero-order valence-electron chi connectivity index (χ0n) is 13.0. The summed E-state index contributed by atoms with van der Waals surface area (Å²) in [5.74, 6) is -0.156. The fourth-order valence-electron chi connectivity index (χ4n) is 2.81. The minimum atomic E-state index is -3.65. The summed E-state index contributed by atoms with van der Waals surface area (Å²) in [5.41, 5.74) is 6.26. The number of hydrogen-bond donors (Lipinski definition) is 2. The van der Waals surface area contributed by atoms with Crippen molar-refractivity contribution in [2.45, 2.75) is 55.9 Å². The number of Topliss-reactive ketones (excluding diaryl/α,β-unsaturated/α-hetero) is 1. The molecule has 1 aromatic rings. The number of benzene rings is 1. The normalized spacial score (nSPS) is 18.6. The van der Waals surface area contributed by atoms with E-state index in [1.807, 2.05) is 0 Å². The maximum atomic E-state index is 12.4. The van der Waals surface area contributed by atoms with E-state index in [0.29, 0.717) is 5.56 Å². The third-order valence-electron chi connectivity index (χ3n) is 4.26. The van der Waals surface area contributed by atoms with Gasteiger partial charge < -0.3 is 5.73 Å². The smallest absolute Gasteiger partial charge is 0.240 e. The highest BCUT2D eigenvalue weighted by molar-refractivity contribution is 7.89. The summed E-state index contributed by atoms with van der Waals surface area (Å²) in [7, 11) is -3.65. The Labute approximate surface area is 132 Å². The highest BCUT2D eigenvalue weighted by Gasteiger charge is 2.28. The summed E-state index contributed by atoms with van der Waals surface area (Å²) in [6.45, 7) is 1.65. The lowest BCUT2D eigenvalue weighted by atomic mass is 9.92. The van der Waals surface area contributed by atoms with Gasteiger partial charge in [-0.25, -0.2) is 13.1 Å². The van der Waals surface area contributed by atoms with Crippen molar-refractivity contribution in [1.82, 2.24) is 4.72 Å². The Morgan fingerprint density at radius 1 is 1.23 bits per heavy atom. The first-order valence-electron chi connectivity index (χ1n) is 7.72. The van der Waals surface area contributed by atoms with Crippen molar-refractivity contribution in [2.24, 2.45) is 5.73 Å². The summed E-state index contributed by atoms with van der Waals surface area (Å²) in [6.07, 6.45) is 6.07. The van der Waals surface area contributed by atoms with Crippen LogP contribution in [0.25, 0.3) is 0 Å². The largest absolute Gasteiger partial charge is 0.324 e. The first-order valence-corrected chi connectivity index (χ1v) is 9.20. The molecular weight excluding hydrogens is 300 g/mol. The molecule has 0 unspecified atom stereocenters. The van der Waals surface area contributed by atoms with Gasteiger partial charge in [-0.2, -0.15) is 0 Å². The van der Waals surface area contributed by atoms with Gasteiger partial charge in [-0.15, -0.1) is 0 Å². The Balaban J connectivity index is 2.10. The van der Waals surface area contributed by atoms with E-state index in [4.69, 9.17) is 5.73 Å². The Morgan fingerprint density at radius 2 is 1.86 bits per heavy atom. The minimum Gasteiger partial charge on any atom is -0.324 e. The number of nitrogens with two attached hydrogens (primary N) is 1. The molecule has 1 fully saturated rings. The van der Waals surface area contributed by atoms with E-state index in [9.17, 15) is 13.2 Å². The van der Waals surface area contributed by atoms with Crippen LogP contribution in [0.4, 0.5) is 0 Å². The predicted octanol–water partition coefficient (Wildman–Crippen LogP) is 2.22. The molecule has 0 saturated heterocycles. The number of sulfonamides is 1. The number of hydrogen-bond acceptors (Lipinski definition) is 4. The third kappa shape index (κ3) is 4.38. The van der Waals surface area contributed by atoms with E-state index in [-0.39, 0.29) is 17.2 Å². The van der Waals surface area contributed by atoms with Crippen LogP contribution < -0.4 is 10.5 Å². The van der Waals surface area contributed by atoms with Crippen molar-refractivity contribution >= 4 is 15.8 Å². The molecule has 1 aliphatic rings. The second-order valence-corrected chi connectivity index (χ2v) is 7.95. The zero-order valence-corrected chi connectivity index (χ0v) is 13.8. The van der Waals surface area contributed by atoms with Crippen LogP contribution >= 0.6 is 0 Å². The van der Waals surface area contributed by atoms with Gasteiger partial charge in [0.05, 0.1) is 4.90 Å². The monoisotopic (exact) mass is 324 g/mol. The quantitative estimate of drug-likeness (QED) is 0.642. The van der Waals surface area contributed by atoms with Crippen molar-refractivity contribution in [2.75, 3.05) is 6.54 Å². The van der Waals surface area contributed by atoms with Crippen LogP contribution in [-0.4, -0.2) is 26.3 Å². The average Bonchev–Trinajstić information content (AvgIpc) is 2.71. The Hall–Kier alpha value is -1.24. The standard InChI is InChI=1S/C16H24N2O3S/c1-13(19)14-7-6-8-15(11-14)22(20,21)18-12-16(17)9-4-2-3-5-10-16/h6-8,11,18H,2-5,9-10,12,17H2,1H3. The summed E-state index contributed by atoms with van der Waals surface area (Å²) < 4.78 is 27.4. The van der Waals surface area contributed by atoms with Crippen molar-refractivity contribution in [3.63, 3.8) is 0 Å². The molecule has 3 N–H and O–H groups in total. The van der Waals surface area contributed by atoms with Crippen molar-refractivity contribution in [1.29, 1.82) is 0 Å². The van der Waals surface area contributed by atoms with Crippen molar-refractivity contribution < 1.29 is 13.2 Å². The van der Waals surface area contributed by atoms with Gasteiger partial charge in [0.15, 0.2) is 5.78 Å². The molecular formula is C16H24N2O3S. The molecule has 2 rings (SSSR count). The van der Waals surface area contributed by atoms with Gasteiger partial charge in [0.25, 0.3) is 0 Å². The van der Waals surface area contributed by atoms with E-state index in [1.54, 1.807) is 12.1 Å². The molecule has 1 aromatic carbocycles. The maximum Gasteiger partial charge on any atom is 0.240 e.